The van der Waals surface area contributed by atoms with Gasteiger partial charge in [-0.05, 0) is 48.4 Å². The Balaban J connectivity index is 1.65. The van der Waals surface area contributed by atoms with Crippen molar-refractivity contribution < 1.29 is 38.5 Å². The molecule has 240 valence electrons. The number of urea groups is 1. The molecular weight excluding hydrogens is 582 g/mol. The van der Waals surface area contributed by atoms with E-state index < -0.39 is 23.9 Å². The van der Waals surface area contributed by atoms with Crippen LogP contribution in [0, 0.1) is 6.92 Å². The molecule has 1 unspecified atom stereocenters. The molecule has 0 fully saturated rings. The summed E-state index contributed by atoms with van der Waals surface area (Å²) >= 11 is 0. The number of carbonyl (C=O) groups is 4. The van der Waals surface area contributed by atoms with Crippen molar-refractivity contribution in [3.63, 3.8) is 0 Å². The minimum absolute atomic E-state index is 0.0340. The van der Waals surface area contributed by atoms with Crippen LogP contribution in [0.3, 0.4) is 0 Å². The average Bonchev–Trinajstić information content (AvgIpc) is 3.03. The molecule has 13 nitrogen and oxygen atoms in total. The van der Waals surface area contributed by atoms with Crippen LogP contribution in [0.4, 0.5) is 21.9 Å². The van der Waals surface area contributed by atoms with Gasteiger partial charge in [-0.15, -0.1) is 0 Å². The maximum atomic E-state index is 13.1. The first-order valence-corrected chi connectivity index (χ1v) is 14.1. The summed E-state index contributed by atoms with van der Waals surface area (Å²) < 4.78 is 15.6. The number of benzene rings is 2. The van der Waals surface area contributed by atoms with Crippen LogP contribution >= 0.6 is 0 Å². The largest absolute Gasteiger partial charge is 0.495 e. The molecule has 1 atom stereocenters. The van der Waals surface area contributed by atoms with Gasteiger partial charge < -0.3 is 39.8 Å². The van der Waals surface area contributed by atoms with Gasteiger partial charge in [-0.3, -0.25) is 19.4 Å². The van der Waals surface area contributed by atoms with Gasteiger partial charge in [0, 0.05) is 26.9 Å². The van der Waals surface area contributed by atoms with Gasteiger partial charge in [0.05, 0.1) is 62.5 Å². The van der Waals surface area contributed by atoms with E-state index >= 15 is 0 Å². The Bertz CT molecular complexity index is 1480. The number of carbonyl (C=O) groups excluding carboxylic acids is 3. The van der Waals surface area contributed by atoms with Gasteiger partial charge in [0.15, 0.2) is 0 Å². The number of aliphatic carboxylic acids is 1. The van der Waals surface area contributed by atoms with E-state index in [2.05, 4.69) is 15.6 Å². The molecule has 4 amide bonds. The number of aromatic nitrogens is 1. The summed E-state index contributed by atoms with van der Waals surface area (Å²) in [6.07, 6.45) is 1.13. The summed E-state index contributed by atoms with van der Waals surface area (Å²) in [5.41, 5.74) is 3.54. The molecule has 13 heteroatoms. The Morgan fingerprint density at radius 1 is 0.933 bits per heavy atom. The standard InChI is InChI=1S/C32H39N5O8/c1-21-8-6-7-9-24(21)34-32(42)35-26-12-10-22(16-28(26)44-5)17-29(38)36(2)23-11-13-25(33-19-23)27(18-31(40)41)37(3)30(39)20-45-15-14-43-4/h6-13,16,19,27H,14-15,17-18,20H2,1-5H3,(H,40,41)(H2,34,35,42). The Morgan fingerprint density at radius 3 is 2.31 bits per heavy atom. The second-order valence-electron chi connectivity index (χ2n) is 10.2. The number of ether oxygens (including phenoxy) is 3. The van der Waals surface area contributed by atoms with Gasteiger partial charge in [-0.2, -0.15) is 0 Å². The molecule has 0 aliphatic rings. The monoisotopic (exact) mass is 621 g/mol. The number of likely N-dealkylation sites (N-methyl/N-ethyl adjacent to an activating group) is 2. The molecule has 3 rings (SSSR count). The quantitative estimate of drug-likeness (QED) is 0.214. The first-order chi connectivity index (χ1) is 21.5. The Hall–Kier alpha value is -5.01. The molecule has 0 bridgehead atoms. The maximum absolute atomic E-state index is 13.1. The van der Waals surface area contributed by atoms with Crippen molar-refractivity contribution >= 4 is 40.9 Å². The molecule has 0 saturated heterocycles. The lowest BCUT2D eigenvalue weighted by Gasteiger charge is -2.27. The third kappa shape index (κ3) is 10.0. The number of nitrogens with one attached hydrogen (secondary N) is 2. The molecule has 0 radical (unpaired) electrons. The normalized spacial score (nSPS) is 11.3. The molecule has 0 spiro atoms. The molecule has 45 heavy (non-hydrogen) atoms. The summed E-state index contributed by atoms with van der Waals surface area (Å²) in [4.78, 5) is 57.0. The van der Waals surface area contributed by atoms with Crippen molar-refractivity contribution in [1.82, 2.24) is 9.88 Å². The van der Waals surface area contributed by atoms with Crippen LogP contribution in [0.15, 0.2) is 60.8 Å². The second-order valence-corrected chi connectivity index (χ2v) is 10.2. The van der Waals surface area contributed by atoms with Crippen LogP contribution in [0.1, 0.15) is 29.3 Å². The fourth-order valence-corrected chi connectivity index (χ4v) is 4.35. The van der Waals surface area contributed by atoms with E-state index in [0.717, 1.165) is 5.56 Å². The van der Waals surface area contributed by atoms with E-state index in [4.69, 9.17) is 14.2 Å². The zero-order chi connectivity index (χ0) is 32.9. The fourth-order valence-electron chi connectivity index (χ4n) is 4.35. The van der Waals surface area contributed by atoms with E-state index in [-0.39, 0.29) is 32.0 Å². The number of hydrogen-bond acceptors (Lipinski definition) is 8. The molecule has 0 saturated carbocycles. The highest BCUT2D eigenvalue weighted by atomic mass is 16.5. The summed E-state index contributed by atoms with van der Waals surface area (Å²) in [5.74, 6) is -1.35. The first-order valence-electron chi connectivity index (χ1n) is 14.1. The van der Waals surface area contributed by atoms with Crippen LogP contribution in [0.5, 0.6) is 5.75 Å². The highest BCUT2D eigenvalue weighted by molar-refractivity contribution is 6.01. The number of methoxy groups -OCH3 is 2. The third-order valence-electron chi connectivity index (χ3n) is 7.02. The lowest BCUT2D eigenvalue weighted by molar-refractivity contribution is -0.142. The summed E-state index contributed by atoms with van der Waals surface area (Å²) in [6.45, 7) is 2.22. The van der Waals surface area contributed by atoms with Crippen molar-refractivity contribution in [2.24, 2.45) is 0 Å². The lowest BCUT2D eigenvalue weighted by atomic mass is 10.1. The van der Waals surface area contributed by atoms with Crippen LogP contribution in [0.2, 0.25) is 0 Å². The molecule has 3 N–H and O–H groups in total. The number of para-hydroxylation sites is 1. The number of aryl methyl sites for hydroxylation is 1. The number of nitrogens with zero attached hydrogens (tertiary/aromatic N) is 3. The number of rotatable bonds is 15. The smallest absolute Gasteiger partial charge is 0.323 e. The molecule has 2 aromatic carbocycles. The highest BCUT2D eigenvalue weighted by Gasteiger charge is 2.26. The van der Waals surface area contributed by atoms with Crippen molar-refractivity contribution in [2.45, 2.75) is 25.8 Å². The Morgan fingerprint density at radius 2 is 1.67 bits per heavy atom. The van der Waals surface area contributed by atoms with Gasteiger partial charge >= 0.3 is 12.0 Å². The number of hydrogen-bond donors (Lipinski definition) is 3. The van der Waals surface area contributed by atoms with E-state index in [9.17, 15) is 24.3 Å². The zero-order valence-corrected chi connectivity index (χ0v) is 26.0. The number of carboxylic acid groups (broad SMARTS) is 1. The van der Waals surface area contributed by atoms with Crippen LogP contribution in [-0.2, 0) is 30.3 Å². The first kappa shape index (κ1) is 34.5. The van der Waals surface area contributed by atoms with E-state index in [0.29, 0.717) is 40.7 Å². The SMILES string of the molecule is COCCOCC(=O)N(C)C(CC(=O)O)c1ccc(N(C)C(=O)Cc2ccc(NC(=O)Nc3ccccc3C)c(OC)c2)cn1. The summed E-state index contributed by atoms with van der Waals surface area (Å²) in [5, 5.41) is 15.0. The maximum Gasteiger partial charge on any atom is 0.323 e. The van der Waals surface area contributed by atoms with Crippen molar-refractivity contribution in [3.8, 4) is 5.75 Å². The van der Waals surface area contributed by atoms with Crippen molar-refractivity contribution in [3.05, 3.63) is 77.6 Å². The van der Waals surface area contributed by atoms with Crippen LogP contribution in [0.25, 0.3) is 0 Å². The predicted octanol–water partition coefficient (Wildman–Crippen LogP) is 3.89. The molecule has 1 heterocycles. The van der Waals surface area contributed by atoms with E-state index in [1.807, 2.05) is 25.1 Å². The fraction of sp³-hybridized carbons (Fsp3) is 0.344. The van der Waals surface area contributed by atoms with Gasteiger partial charge in [-0.25, -0.2) is 4.79 Å². The number of amides is 4. The summed E-state index contributed by atoms with van der Waals surface area (Å²) in [7, 11) is 6.09. The third-order valence-corrected chi connectivity index (χ3v) is 7.02. The number of carboxylic acids is 1. The molecule has 3 aromatic rings. The predicted molar refractivity (Wildman–Crippen MR) is 169 cm³/mol. The van der Waals surface area contributed by atoms with Crippen molar-refractivity contribution in [2.75, 3.05) is 63.7 Å². The topological polar surface area (TPSA) is 160 Å². The average molecular weight is 622 g/mol. The van der Waals surface area contributed by atoms with Crippen LogP contribution < -0.4 is 20.3 Å². The molecule has 0 aliphatic carbocycles. The van der Waals surface area contributed by atoms with E-state index in [1.165, 1.54) is 37.3 Å². The van der Waals surface area contributed by atoms with Gasteiger partial charge in [0.2, 0.25) is 11.8 Å². The Kier molecular flexibility index (Phi) is 12.8. The zero-order valence-electron chi connectivity index (χ0n) is 26.0. The van der Waals surface area contributed by atoms with Gasteiger partial charge in [0.25, 0.3) is 0 Å². The molecule has 0 aliphatic heterocycles. The minimum Gasteiger partial charge on any atom is -0.495 e. The minimum atomic E-state index is -1.10. The molecule has 1 aromatic heterocycles. The molecular formula is C32H39N5O8. The Labute approximate surface area is 262 Å². The van der Waals surface area contributed by atoms with Gasteiger partial charge in [0.1, 0.15) is 12.4 Å². The van der Waals surface area contributed by atoms with Crippen LogP contribution in [-0.4, -0.2) is 86.9 Å². The van der Waals surface area contributed by atoms with Crippen molar-refractivity contribution in [1.29, 1.82) is 0 Å². The number of anilines is 3. The second kappa shape index (κ2) is 16.7. The van der Waals surface area contributed by atoms with E-state index in [1.54, 1.807) is 43.4 Å². The lowest BCUT2D eigenvalue weighted by Crippen LogP contribution is -2.36. The van der Waals surface area contributed by atoms with Gasteiger partial charge in [-0.1, -0.05) is 24.3 Å². The number of pyridine rings is 1. The summed E-state index contributed by atoms with van der Waals surface area (Å²) in [6, 6.07) is 14.4. The highest BCUT2D eigenvalue weighted by Crippen LogP contribution is 2.28.